The third-order valence-corrected chi connectivity index (χ3v) is 5.25. The van der Waals surface area contributed by atoms with Crippen molar-refractivity contribution in [2.45, 2.75) is 35.4 Å². The summed E-state index contributed by atoms with van der Waals surface area (Å²) in [7, 11) is 2.07. The second-order valence-corrected chi connectivity index (χ2v) is 6.17. The Labute approximate surface area is 104 Å². The third kappa shape index (κ3) is 2.99. The first-order valence-electron chi connectivity index (χ1n) is 5.38. The quantitative estimate of drug-likeness (QED) is 0.909. The van der Waals surface area contributed by atoms with Crippen LogP contribution < -0.4 is 5.32 Å². The molecule has 1 aliphatic rings. The molecule has 1 aromatic carbocycles. The minimum atomic E-state index is 0.727. The van der Waals surface area contributed by atoms with E-state index in [-0.39, 0.29) is 0 Å². The van der Waals surface area contributed by atoms with Crippen LogP contribution in [0.5, 0.6) is 0 Å². The van der Waals surface area contributed by atoms with Gasteiger partial charge in [0.15, 0.2) is 0 Å². The van der Waals surface area contributed by atoms with Gasteiger partial charge in [0.2, 0.25) is 0 Å². The predicted octanol–water partition coefficient (Wildman–Crippen LogP) is 3.68. The van der Waals surface area contributed by atoms with Crippen molar-refractivity contribution in [3.63, 3.8) is 0 Å². The lowest BCUT2D eigenvalue weighted by molar-refractivity contribution is 0.583. The van der Waals surface area contributed by atoms with Gasteiger partial charge in [0.1, 0.15) is 0 Å². The maximum Gasteiger partial charge on any atom is 0.0311 e. The molecule has 1 saturated carbocycles. The van der Waals surface area contributed by atoms with E-state index in [2.05, 4.69) is 52.6 Å². The summed E-state index contributed by atoms with van der Waals surface area (Å²) in [5.74, 6) is 0. The zero-order valence-electron chi connectivity index (χ0n) is 8.87. The van der Waals surface area contributed by atoms with Crippen LogP contribution in [0.3, 0.4) is 0 Å². The molecule has 0 aliphatic heterocycles. The molecule has 0 aromatic heterocycles. The van der Waals surface area contributed by atoms with Gasteiger partial charge in [0, 0.05) is 20.7 Å². The number of rotatable bonds is 3. The smallest absolute Gasteiger partial charge is 0.0311 e. The SMILES string of the molecule is CNC1CCC(Sc2ccccc2Br)C1. The molecule has 0 radical (unpaired) electrons. The van der Waals surface area contributed by atoms with Crippen LogP contribution in [0.2, 0.25) is 0 Å². The standard InChI is InChI=1S/C12H16BrNS/c1-14-9-6-7-10(8-9)15-12-5-3-2-4-11(12)13/h2-5,9-10,14H,6-8H2,1H3. The molecule has 15 heavy (non-hydrogen) atoms. The topological polar surface area (TPSA) is 12.0 Å². The van der Waals surface area contributed by atoms with Gasteiger partial charge in [-0.2, -0.15) is 0 Å². The number of thioether (sulfide) groups is 1. The van der Waals surface area contributed by atoms with E-state index >= 15 is 0 Å². The molecule has 1 aromatic rings. The lowest BCUT2D eigenvalue weighted by Gasteiger charge is -2.11. The van der Waals surface area contributed by atoms with Crippen LogP contribution >= 0.6 is 27.7 Å². The van der Waals surface area contributed by atoms with Crippen molar-refractivity contribution in [2.24, 2.45) is 0 Å². The first-order valence-corrected chi connectivity index (χ1v) is 7.05. The molecule has 1 nitrogen and oxygen atoms in total. The van der Waals surface area contributed by atoms with E-state index < -0.39 is 0 Å². The summed E-state index contributed by atoms with van der Waals surface area (Å²) in [6, 6.07) is 9.22. The fourth-order valence-electron chi connectivity index (χ4n) is 2.03. The van der Waals surface area contributed by atoms with Crippen LogP contribution in [0.25, 0.3) is 0 Å². The van der Waals surface area contributed by atoms with Gasteiger partial charge in [-0.3, -0.25) is 0 Å². The maximum absolute atomic E-state index is 3.60. The minimum Gasteiger partial charge on any atom is -0.317 e. The Bertz CT molecular complexity index is 329. The molecule has 0 heterocycles. The zero-order chi connectivity index (χ0) is 10.7. The van der Waals surface area contributed by atoms with Gasteiger partial charge in [0.25, 0.3) is 0 Å². The number of hydrogen-bond acceptors (Lipinski definition) is 2. The van der Waals surface area contributed by atoms with Crippen LogP contribution in [0.1, 0.15) is 19.3 Å². The van der Waals surface area contributed by atoms with Gasteiger partial charge < -0.3 is 5.32 Å². The first kappa shape index (κ1) is 11.5. The summed E-state index contributed by atoms with van der Waals surface area (Å²) in [6.07, 6.45) is 3.94. The van der Waals surface area contributed by atoms with Gasteiger partial charge >= 0.3 is 0 Å². The monoisotopic (exact) mass is 285 g/mol. The number of nitrogens with one attached hydrogen (secondary N) is 1. The van der Waals surface area contributed by atoms with E-state index in [1.165, 1.54) is 28.6 Å². The molecule has 3 heteroatoms. The molecule has 1 aliphatic carbocycles. The summed E-state index contributed by atoms with van der Waals surface area (Å²) >= 11 is 5.61. The van der Waals surface area contributed by atoms with Crippen molar-refractivity contribution in [2.75, 3.05) is 7.05 Å². The summed E-state index contributed by atoms with van der Waals surface area (Å²) in [6.45, 7) is 0. The molecule has 0 bridgehead atoms. The van der Waals surface area contributed by atoms with Crippen LogP contribution in [0, 0.1) is 0 Å². The van der Waals surface area contributed by atoms with Gasteiger partial charge in [-0.15, -0.1) is 11.8 Å². The van der Waals surface area contributed by atoms with Crippen molar-refractivity contribution in [3.05, 3.63) is 28.7 Å². The maximum atomic E-state index is 3.60. The van der Waals surface area contributed by atoms with Crippen molar-refractivity contribution in [1.82, 2.24) is 5.32 Å². The second-order valence-electron chi connectivity index (χ2n) is 3.97. The predicted molar refractivity (Wildman–Crippen MR) is 70.5 cm³/mol. The second kappa shape index (κ2) is 5.37. The summed E-state index contributed by atoms with van der Waals surface area (Å²) in [5.41, 5.74) is 0. The average molecular weight is 286 g/mol. The molecular formula is C12H16BrNS. The van der Waals surface area contributed by atoms with E-state index in [0.29, 0.717) is 0 Å². The van der Waals surface area contributed by atoms with Crippen LogP contribution in [-0.4, -0.2) is 18.3 Å². The molecule has 2 rings (SSSR count). The fraction of sp³-hybridized carbons (Fsp3) is 0.500. The normalized spacial score (nSPS) is 25.7. The highest BCUT2D eigenvalue weighted by Gasteiger charge is 2.24. The van der Waals surface area contributed by atoms with Crippen LogP contribution in [0.15, 0.2) is 33.6 Å². The molecular weight excluding hydrogens is 270 g/mol. The highest BCUT2D eigenvalue weighted by atomic mass is 79.9. The van der Waals surface area contributed by atoms with E-state index in [0.717, 1.165) is 11.3 Å². The summed E-state index contributed by atoms with van der Waals surface area (Å²) in [4.78, 5) is 1.37. The number of halogens is 1. The van der Waals surface area contributed by atoms with Gasteiger partial charge in [-0.1, -0.05) is 12.1 Å². The van der Waals surface area contributed by atoms with Gasteiger partial charge in [-0.05, 0) is 54.4 Å². The molecule has 0 spiro atoms. The molecule has 2 unspecified atom stereocenters. The zero-order valence-corrected chi connectivity index (χ0v) is 11.3. The van der Waals surface area contributed by atoms with Crippen LogP contribution in [0.4, 0.5) is 0 Å². The molecule has 82 valence electrons. The molecule has 1 fully saturated rings. The first-order chi connectivity index (χ1) is 7.29. The third-order valence-electron chi connectivity index (χ3n) is 2.92. The summed E-state index contributed by atoms with van der Waals surface area (Å²) in [5, 5.41) is 4.15. The Morgan fingerprint density at radius 2 is 2.13 bits per heavy atom. The Hall–Kier alpha value is 0.01000. The highest BCUT2D eigenvalue weighted by molar-refractivity contribution is 9.10. The average Bonchev–Trinajstić information content (AvgIpc) is 2.69. The molecule has 0 amide bonds. The fourth-order valence-corrected chi connectivity index (χ4v) is 3.87. The van der Waals surface area contributed by atoms with E-state index in [1.54, 1.807) is 0 Å². The van der Waals surface area contributed by atoms with E-state index in [9.17, 15) is 0 Å². The van der Waals surface area contributed by atoms with Gasteiger partial charge in [0.05, 0.1) is 0 Å². The van der Waals surface area contributed by atoms with Crippen molar-refractivity contribution in [1.29, 1.82) is 0 Å². The molecule has 0 saturated heterocycles. The van der Waals surface area contributed by atoms with Crippen molar-refractivity contribution >= 4 is 27.7 Å². The van der Waals surface area contributed by atoms with Gasteiger partial charge in [-0.25, -0.2) is 0 Å². The van der Waals surface area contributed by atoms with Crippen molar-refractivity contribution in [3.8, 4) is 0 Å². The Kier molecular flexibility index (Phi) is 4.12. The number of benzene rings is 1. The Balaban J connectivity index is 1.96. The lowest BCUT2D eigenvalue weighted by Crippen LogP contribution is -2.21. The van der Waals surface area contributed by atoms with E-state index in [4.69, 9.17) is 0 Å². The Morgan fingerprint density at radius 1 is 1.33 bits per heavy atom. The minimum absolute atomic E-state index is 0.727. The van der Waals surface area contributed by atoms with E-state index in [1.807, 2.05) is 11.8 Å². The lowest BCUT2D eigenvalue weighted by atomic mass is 10.3. The Morgan fingerprint density at radius 3 is 2.80 bits per heavy atom. The molecule has 1 N–H and O–H groups in total. The summed E-state index contributed by atoms with van der Waals surface area (Å²) < 4.78 is 1.22. The molecule has 2 atom stereocenters. The highest BCUT2D eigenvalue weighted by Crippen LogP contribution is 2.37. The van der Waals surface area contributed by atoms with Crippen molar-refractivity contribution < 1.29 is 0 Å². The number of hydrogen-bond donors (Lipinski definition) is 1. The van der Waals surface area contributed by atoms with Crippen LogP contribution in [-0.2, 0) is 0 Å². The largest absolute Gasteiger partial charge is 0.317 e.